The summed E-state index contributed by atoms with van der Waals surface area (Å²) in [6.45, 7) is 3.31. The Kier molecular flexibility index (Phi) is 5.71. The van der Waals surface area contributed by atoms with Gasteiger partial charge in [0, 0.05) is 0 Å². The summed E-state index contributed by atoms with van der Waals surface area (Å²) in [7, 11) is -3.29. The molecule has 0 amide bonds. The van der Waals surface area contributed by atoms with Gasteiger partial charge in [-0.1, -0.05) is 6.08 Å². The summed E-state index contributed by atoms with van der Waals surface area (Å²) in [4.78, 5) is 0. The first-order valence-corrected chi connectivity index (χ1v) is 4.73. The Hall–Kier alpha value is 1.29. The molecule has 0 heterocycles. The molecule has 0 unspecified atom stereocenters. The molecule has 5 heteroatoms. The van der Waals surface area contributed by atoms with Crippen molar-refractivity contribution in [3.8, 4) is 0 Å². The van der Waals surface area contributed by atoms with E-state index in [0.29, 0.717) is 0 Å². The van der Waals surface area contributed by atoms with Crippen LogP contribution < -0.4 is 0 Å². The zero-order valence-corrected chi connectivity index (χ0v) is 6.43. The predicted molar refractivity (Wildman–Crippen MR) is 45.2 cm³/mol. The first kappa shape index (κ1) is 12.3. The standard InChI is InChI=1S/C6H10O3S.K.H/c1-2-5-10(7,8)9-6-3-4-6;;/h2,6H,1,3-5H2;;. The van der Waals surface area contributed by atoms with E-state index in [-0.39, 0.29) is 63.2 Å². The summed E-state index contributed by atoms with van der Waals surface area (Å²) in [5.41, 5.74) is 0. The molecule has 0 aromatic heterocycles. The van der Waals surface area contributed by atoms with Crippen molar-refractivity contribution in [2.24, 2.45) is 0 Å². The fourth-order valence-electron chi connectivity index (χ4n) is 0.555. The third kappa shape index (κ3) is 5.51. The van der Waals surface area contributed by atoms with E-state index in [1.54, 1.807) is 0 Å². The topological polar surface area (TPSA) is 43.4 Å². The summed E-state index contributed by atoms with van der Waals surface area (Å²) in [6, 6.07) is 0. The maximum atomic E-state index is 10.8. The first-order valence-electron chi connectivity index (χ1n) is 3.16. The number of rotatable bonds is 4. The molecule has 1 aliphatic rings. The number of hydrogen-bond donors (Lipinski definition) is 0. The zero-order valence-electron chi connectivity index (χ0n) is 5.62. The molecular weight excluding hydrogens is 191 g/mol. The second kappa shape index (κ2) is 5.11. The van der Waals surface area contributed by atoms with Crippen molar-refractivity contribution in [2.45, 2.75) is 18.9 Å². The van der Waals surface area contributed by atoms with Gasteiger partial charge in [-0.3, -0.25) is 4.18 Å². The Balaban J connectivity index is 0.000001000. The van der Waals surface area contributed by atoms with Crippen molar-refractivity contribution in [3.05, 3.63) is 12.7 Å². The molecule has 1 rings (SSSR count). The van der Waals surface area contributed by atoms with Crippen LogP contribution in [-0.4, -0.2) is 71.7 Å². The van der Waals surface area contributed by atoms with Crippen LogP contribution in [0.15, 0.2) is 12.7 Å². The summed E-state index contributed by atoms with van der Waals surface area (Å²) in [5, 5.41) is 0. The molecule has 1 saturated carbocycles. The van der Waals surface area contributed by atoms with Crippen LogP contribution in [0.4, 0.5) is 0 Å². The third-order valence-corrected chi connectivity index (χ3v) is 2.34. The minimum atomic E-state index is -3.29. The average Bonchev–Trinajstić information content (AvgIpc) is 2.48. The molecule has 0 atom stereocenters. The molecule has 0 radical (unpaired) electrons. The van der Waals surface area contributed by atoms with Gasteiger partial charge in [-0.05, 0) is 12.8 Å². The van der Waals surface area contributed by atoms with Crippen molar-refractivity contribution < 1.29 is 12.6 Å². The van der Waals surface area contributed by atoms with Crippen molar-refractivity contribution in [1.29, 1.82) is 0 Å². The van der Waals surface area contributed by atoms with E-state index < -0.39 is 10.1 Å². The van der Waals surface area contributed by atoms with E-state index in [4.69, 9.17) is 4.18 Å². The molecule has 1 fully saturated rings. The van der Waals surface area contributed by atoms with Gasteiger partial charge in [0.05, 0.1) is 11.9 Å². The molecule has 11 heavy (non-hydrogen) atoms. The van der Waals surface area contributed by atoms with E-state index in [1.165, 1.54) is 6.08 Å². The van der Waals surface area contributed by atoms with Crippen LogP contribution in [0.25, 0.3) is 0 Å². The average molecular weight is 202 g/mol. The quantitative estimate of drug-likeness (QED) is 0.367. The normalized spacial score (nSPS) is 17.1. The van der Waals surface area contributed by atoms with Gasteiger partial charge in [-0.25, -0.2) is 0 Å². The zero-order chi connectivity index (χ0) is 7.61. The van der Waals surface area contributed by atoms with Crippen molar-refractivity contribution in [2.75, 3.05) is 5.75 Å². The second-order valence-corrected chi connectivity index (χ2v) is 3.95. The van der Waals surface area contributed by atoms with Crippen LogP contribution in [0.1, 0.15) is 12.8 Å². The Morgan fingerprint density at radius 2 is 2.09 bits per heavy atom. The molecule has 1 aliphatic carbocycles. The molecule has 0 bridgehead atoms. The van der Waals surface area contributed by atoms with Crippen LogP contribution in [0.3, 0.4) is 0 Å². The predicted octanol–water partition coefficient (Wildman–Crippen LogP) is 0.0327. The van der Waals surface area contributed by atoms with Gasteiger partial charge in [-0.15, -0.1) is 6.58 Å². The van der Waals surface area contributed by atoms with E-state index in [2.05, 4.69) is 6.58 Å². The van der Waals surface area contributed by atoms with Crippen molar-refractivity contribution >= 4 is 61.5 Å². The van der Waals surface area contributed by atoms with Crippen LogP contribution in [-0.2, 0) is 14.3 Å². The monoisotopic (exact) mass is 202 g/mol. The SMILES string of the molecule is C=CCS(=O)(=O)OC1CC1.[KH]. The molecule has 0 saturated heterocycles. The van der Waals surface area contributed by atoms with E-state index in [0.717, 1.165) is 12.8 Å². The Bertz CT molecular complexity index is 218. The van der Waals surface area contributed by atoms with Crippen molar-refractivity contribution in [3.63, 3.8) is 0 Å². The minimum absolute atomic E-state index is 0. The maximum absolute atomic E-state index is 10.8. The van der Waals surface area contributed by atoms with Gasteiger partial charge >= 0.3 is 51.4 Å². The summed E-state index contributed by atoms with van der Waals surface area (Å²) in [5.74, 6) is -0.0799. The van der Waals surface area contributed by atoms with E-state index in [1.807, 2.05) is 0 Å². The Morgan fingerprint density at radius 1 is 1.55 bits per heavy atom. The van der Waals surface area contributed by atoms with E-state index in [9.17, 15) is 8.42 Å². The molecule has 0 aromatic rings. The summed E-state index contributed by atoms with van der Waals surface area (Å²) >= 11 is 0. The van der Waals surface area contributed by atoms with Gasteiger partial charge < -0.3 is 0 Å². The molecular formula is C6H11KO3S. The first-order chi connectivity index (χ1) is 4.64. The van der Waals surface area contributed by atoms with Crippen molar-refractivity contribution in [1.82, 2.24) is 0 Å². The van der Waals surface area contributed by atoms with Crippen LogP contribution in [0, 0.1) is 0 Å². The van der Waals surface area contributed by atoms with Gasteiger partial charge in [0.2, 0.25) is 0 Å². The van der Waals surface area contributed by atoms with Gasteiger partial charge in [-0.2, -0.15) is 8.42 Å². The molecule has 60 valence electrons. The van der Waals surface area contributed by atoms with Gasteiger partial charge in [0.25, 0.3) is 10.1 Å². The summed E-state index contributed by atoms with van der Waals surface area (Å²) in [6.07, 6.45) is 3.04. The van der Waals surface area contributed by atoms with E-state index >= 15 is 0 Å². The van der Waals surface area contributed by atoms with Gasteiger partial charge in [0.1, 0.15) is 0 Å². The second-order valence-electron chi connectivity index (χ2n) is 2.31. The van der Waals surface area contributed by atoms with Gasteiger partial charge in [0.15, 0.2) is 0 Å². The molecule has 0 aliphatic heterocycles. The molecule has 0 spiro atoms. The molecule has 0 N–H and O–H groups in total. The third-order valence-electron chi connectivity index (χ3n) is 1.13. The number of hydrogen-bond acceptors (Lipinski definition) is 3. The van der Waals surface area contributed by atoms with Crippen LogP contribution >= 0.6 is 0 Å². The molecule has 0 aromatic carbocycles. The molecule has 3 nitrogen and oxygen atoms in total. The fraction of sp³-hybridized carbons (Fsp3) is 0.667. The Morgan fingerprint density at radius 3 is 2.45 bits per heavy atom. The fourth-order valence-corrected chi connectivity index (χ4v) is 1.53. The van der Waals surface area contributed by atoms with Crippen LogP contribution in [0.5, 0.6) is 0 Å². The Labute approximate surface area is 110 Å². The summed E-state index contributed by atoms with van der Waals surface area (Å²) < 4.78 is 26.3. The van der Waals surface area contributed by atoms with Crippen LogP contribution in [0.2, 0.25) is 0 Å².